The highest BCUT2D eigenvalue weighted by Crippen LogP contribution is 2.32. The molecule has 0 bridgehead atoms. The van der Waals surface area contributed by atoms with E-state index in [9.17, 15) is 14.3 Å². The molecule has 3 aromatic rings. The zero-order valence-electron chi connectivity index (χ0n) is 16.7. The van der Waals surface area contributed by atoms with Gasteiger partial charge in [-0.3, -0.25) is 0 Å². The molecule has 3 aromatic carbocycles. The van der Waals surface area contributed by atoms with Crippen molar-refractivity contribution in [3.63, 3.8) is 0 Å². The normalized spacial score (nSPS) is 10.7. The number of carbonyl (C=O) groups is 1. The van der Waals surface area contributed by atoms with E-state index in [2.05, 4.69) is 32.0 Å². The van der Waals surface area contributed by atoms with E-state index >= 15 is 0 Å². The molecule has 3 rings (SSSR count). The standard InChI is InChI=1S/C25H25FO3/c1-3-5-6-18-7-8-19(15-17(18)4-2)20-9-14-23(25(27)28)24(16-20)29-22-12-10-21(26)11-13-22/h7-16H,3-6H2,1-2H3,(H,27,28). The van der Waals surface area contributed by atoms with Crippen LogP contribution >= 0.6 is 0 Å². The lowest BCUT2D eigenvalue weighted by Crippen LogP contribution is -2.00. The molecule has 0 unspecified atom stereocenters. The molecule has 0 aromatic heterocycles. The second-order valence-electron chi connectivity index (χ2n) is 7.01. The van der Waals surface area contributed by atoms with Crippen LogP contribution in [0.5, 0.6) is 11.5 Å². The van der Waals surface area contributed by atoms with Crippen molar-refractivity contribution in [1.29, 1.82) is 0 Å². The van der Waals surface area contributed by atoms with Gasteiger partial charge in [0.25, 0.3) is 0 Å². The lowest BCUT2D eigenvalue weighted by molar-refractivity contribution is 0.0694. The molecule has 4 heteroatoms. The van der Waals surface area contributed by atoms with Crippen LogP contribution in [0.3, 0.4) is 0 Å². The molecule has 0 amide bonds. The van der Waals surface area contributed by atoms with Crippen LogP contribution in [-0.2, 0) is 12.8 Å². The van der Waals surface area contributed by atoms with Crippen LogP contribution in [0.25, 0.3) is 11.1 Å². The first-order valence-corrected chi connectivity index (χ1v) is 9.94. The second-order valence-corrected chi connectivity index (χ2v) is 7.01. The van der Waals surface area contributed by atoms with Crippen molar-refractivity contribution in [2.24, 2.45) is 0 Å². The minimum absolute atomic E-state index is 0.0633. The summed E-state index contributed by atoms with van der Waals surface area (Å²) in [6.07, 6.45) is 4.33. The van der Waals surface area contributed by atoms with Gasteiger partial charge >= 0.3 is 5.97 Å². The summed E-state index contributed by atoms with van der Waals surface area (Å²) in [7, 11) is 0. The van der Waals surface area contributed by atoms with Gasteiger partial charge in [-0.2, -0.15) is 0 Å². The van der Waals surface area contributed by atoms with Crippen molar-refractivity contribution >= 4 is 5.97 Å². The molecule has 0 radical (unpaired) electrons. The van der Waals surface area contributed by atoms with E-state index in [-0.39, 0.29) is 17.1 Å². The molecule has 29 heavy (non-hydrogen) atoms. The molecule has 150 valence electrons. The molecule has 0 aliphatic rings. The summed E-state index contributed by atoms with van der Waals surface area (Å²) < 4.78 is 18.9. The first-order chi connectivity index (χ1) is 14.0. The van der Waals surface area contributed by atoms with Gasteiger partial charge in [-0.25, -0.2) is 9.18 Å². The van der Waals surface area contributed by atoms with Gasteiger partial charge in [0.15, 0.2) is 0 Å². The van der Waals surface area contributed by atoms with Crippen LogP contribution in [0.1, 0.15) is 48.2 Å². The number of halogens is 1. The summed E-state index contributed by atoms with van der Waals surface area (Å²) >= 11 is 0. The first kappa shape index (κ1) is 20.6. The van der Waals surface area contributed by atoms with Crippen molar-refractivity contribution < 1.29 is 19.0 Å². The molecule has 0 atom stereocenters. The molecule has 0 aliphatic heterocycles. The monoisotopic (exact) mass is 392 g/mol. The van der Waals surface area contributed by atoms with Crippen molar-refractivity contribution in [3.05, 3.63) is 83.2 Å². The second kappa shape index (κ2) is 9.37. The van der Waals surface area contributed by atoms with Gasteiger partial charge in [0.2, 0.25) is 0 Å². The molecule has 0 saturated heterocycles. The summed E-state index contributed by atoms with van der Waals surface area (Å²) in [5.41, 5.74) is 4.63. The van der Waals surface area contributed by atoms with Crippen molar-refractivity contribution in [3.8, 4) is 22.6 Å². The maximum atomic E-state index is 13.2. The predicted molar refractivity (Wildman–Crippen MR) is 113 cm³/mol. The number of aromatic carboxylic acids is 1. The quantitative estimate of drug-likeness (QED) is 0.454. The van der Waals surface area contributed by atoms with E-state index in [4.69, 9.17) is 4.74 Å². The molecule has 0 spiro atoms. The third kappa shape index (κ3) is 5.02. The van der Waals surface area contributed by atoms with Gasteiger partial charge in [0, 0.05) is 0 Å². The van der Waals surface area contributed by atoms with E-state index in [1.807, 2.05) is 0 Å². The third-order valence-electron chi connectivity index (χ3n) is 4.97. The minimum atomic E-state index is -1.07. The van der Waals surface area contributed by atoms with Gasteiger partial charge in [-0.15, -0.1) is 0 Å². The predicted octanol–water partition coefficient (Wildman–Crippen LogP) is 6.89. The average molecular weight is 392 g/mol. The number of benzene rings is 3. The van der Waals surface area contributed by atoms with Gasteiger partial charge in [-0.05, 0) is 77.9 Å². The van der Waals surface area contributed by atoms with E-state index < -0.39 is 5.97 Å². The van der Waals surface area contributed by atoms with Crippen molar-refractivity contribution in [2.75, 3.05) is 0 Å². The molecule has 3 nitrogen and oxygen atoms in total. The summed E-state index contributed by atoms with van der Waals surface area (Å²) in [6.45, 7) is 4.33. The fourth-order valence-corrected chi connectivity index (χ4v) is 3.34. The highest BCUT2D eigenvalue weighted by atomic mass is 19.1. The molecule has 0 aliphatic carbocycles. The van der Waals surface area contributed by atoms with Crippen LogP contribution in [0.15, 0.2) is 60.7 Å². The third-order valence-corrected chi connectivity index (χ3v) is 4.97. The molecular formula is C25H25FO3. The zero-order valence-corrected chi connectivity index (χ0v) is 16.7. The Morgan fingerprint density at radius 1 is 0.931 bits per heavy atom. The van der Waals surface area contributed by atoms with Crippen LogP contribution in [-0.4, -0.2) is 11.1 Å². The Balaban J connectivity index is 1.97. The maximum absolute atomic E-state index is 13.2. The number of aryl methyl sites for hydroxylation is 2. The Bertz CT molecular complexity index is 993. The summed E-state index contributed by atoms with van der Waals surface area (Å²) in [4.78, 5) is 11.6. The molecule has 0 fully saturated rings. The maximum Gasteiger partial charge on any atom is 0.339 e. The fraction of sp³-hybridized carbons (Fsp3) is 0.240. The highest BCUT2D eigenvalue weighted by molar-refractivity contribution is 5.92. The highest BCUT2D eigenvalue weighted by Gasteiger charge is 2.14. The number of rotatable bonds is 8. The molecule has 0 saturated carbocycles. The van der Waals surface area contributed by atoms with Crippen LogP contribution < -0.4 is 4.74 Å². The Morgan fingerprint density at radius 3 is 2.28 bits per heavy atom. The first-order valence-electron chi connectivity index (χ1n) is 9.94. The minimum Gasteiger partial charge on any atom is -0.478 e. The van der Waals surface area contributed by atoms with Gasteiger partial charge in [0.05, 0.1) is 0 Å². The largest absolute Gasteiger partial charge is 0.478 e. The summed E-state index contributed by atoms with van der Waals surface area (Å²) in [5, 5.41) is 9.51. The van der Waals surface area contributed by atoms with Crippen LogP contribution in [0.2, 0.25) is 0 Å². The van der Waals surface area contributed by atoms with E-state index in [0.717, 1.165) is 36.8 Å². The Kier molecular flexibility index (Phi) is 6.65. The lowest BCUT2D eigenvalue weighted by atomic mass is 9.94. The number of ether oxygens (including phenoxy) is 1. The zero-order chi connectivity index (χ0) is 20.8. The molecule has 1 N–H and O–H groups in total. The van der Waals surface area contributed by atoms with Gasteiger partial charge in [-0.1, -0.05) is 44.5 Å². The summed E-state index contributed by atoms with van der Waals surface area (Å²) in [6, 6.07) is 17.0. The molecule has 0 heterocycles. The Labute approximate surface area is 170 Å². The Morgan fingerprint density at radius 2 is 1.62 bits per heavy atom. The Hall–Kier alpha value is -3.14. The van der Waals surface area contributed by atoms with Crippen molar-refractivity contribution in [1.82, 2.24) is 0 Å². The number of unbranched alkanes of at least 4 members (excludes halogenated alkanes) is 1. The number of hydrogen-bond acceptors (Lipinski definition) is 2. The number of hydrogen-bond donors (Lipinski definition) is 1. The fourth-order valence-electron chi connectivity index (χ4n) is 3.34. The van der Waals surface area contributed by atoms with Crippen molar-refractivity contribution in [2.45, 2.75) is 39.5 Å². The van der Waals surface area contributed by atoms with E-state index in [1.54, 1.807) is 18.2 Å². The number of carboxylic acid groups (broad SMARTS) is 1. The smallest absolute Gasteiger partial charge is 0.339 e. The van der Waals surface area contributed by atoms with Gasteiger partial charge < -0.3 is 9.84 Å². The lowest BCUT2D eigenvalue weighted by Gasteiger charge is -2.13. The number of carboxylic acids is 1. The topological polar surface area (TPSA) is 46.5 Å². The van der Waals surface area contributed by atoms with Gasteiger partial charge in [0.1, 0.15) is 22.9 Å². The van der Waals surface area contributed by atoms with E-state index in [0.29, 0.717) is 5.75 Å². The van der Waals surface area contributed by atoms with Crippen LogP contribution in [0, 0.1) is 5.82 Å². The van der Waals surface area contributed by atoms with Crippen LogP contribution in [0.4, 0.5) is 4.39 Å². The SMILES string of the molecule is CCCCc1ccc(-c2ccc(C(=O)O)c(Oc3ccc(F)cc3)c2)cc1CC. The average Bonchev–Trinajstić information content (AvgIpc) is 2.73. The summed E-state index contributed by atoms with van der Waals surface area (Å²) in [5.74, 6) is -0.831. The van der Waals surface area contributed by atoms with E-state index in [1.165, 1.54) is 35.4 Å². The molecular weight excluding hydrogens is 367 g/mol.